The third kappa shape index (κ3) is 0.906. The maximum atomic E-state index is 10.5. The van der Waals surface area contributed by atoms with E-state index in [2.05, 4.69) is 0 Å². The zero-order valence-electron chi connectivity index (χ0n) is 5.42. The highest BCUT2D eigenvalue weighted by Gasteiger charge is 2.42. The number of rotatable bonds is 1. The molecule has 0 aromatic rings. The van der Waals surface area contributed by atoms with Crippen molar-refractivity contribution in [2.45, 2.75) is 5.54 Å². The van der Waals surface area contributed by atoms with Crippen LogP contribution in [-0.4, -0.2) is 36.5 Å². The van der Waals surface area contributed by atoms with Crippen molar-refractivity contribution in [2.75, 3.05) is 20.1 Å². The molecule has 1 fully saturated rings. The van der Waals surface area contributed by atoms with Crippen LogP contribution >= 0.6 is 0 Å². The summed E-state index contributed by atoms with van der Waals surface area (Å²) in [5.74, 6) is -0.402. The molecule has 0 spiro atoms. The van der Waals surface area contributed by atoms with Crippen molar-refractivity contribution in [3.63, 3.8) is 0 Å². The van der Waals surface area contributed by atoms with Gasteiger partial charge in [-0.1, -0.05) is 0 Å². The highest BCUT2D eigenvalue weighted by atomic mass is 16.1. The van der Waals surface area contributed by atoms with Crippen molar-refractivity contribution >= 4 is 5.91 Å². The van der Waals surface area contributed by atoms with Crippen molar-refractivity contribution in [2.24, 2.45) is 11.5 Å². The van der Waals surface area contributed by atoms with Gasteiger partial charge in [0.05, 0.1) is 0 Å². The SMILES string of the molecule is CN1CC(N)(C(N)=O)C1. The van der Waals surface area contributed by atoms with Crippen LogP contribution in [0, 0.1) is 0 Å². The maximum Gasteiger partial charge on any atom is 0.240 e. The minimum Gasteiger partial charge on any atom is -0.368 e. The Kier molecular flexibility index (Phi) is 1.22. The fourth-order valence-corrected chi connectivity index (χ4v) is 1.07. The fourth-order valence-electron chi connectivity index (χ4n) is 1.07. The number of likely N-dealkylation sites (tertiary alicyclic amines) is 1. The number of likely N-dealkylation sites (N-methyl/N-ethyl adjacent to an activating group) is 1. The number of carbonyl (C=O) groups excluding carboxylic acids is 1. The molecule has 1 heterocycles. The van der Waals surface area contributed by atoms with E-state index in [1.807, 2.05) is 11.9 Å². The summed E-state index contributed by atoms with van der Waals surface area (Å²) in [6.45, 7) is 1.17. The number of hydrogen-bond donors (Lipinski definition) is 2. The van der Waals surface area contributed by atoms with Gasteiger partial charge in [-0.05, 0) is 7.05 Å². The molecule has 0 unspecified atom stereocenters. The Morgan fingerprint density at radius 2 is 2.11 bits per heavy atom. The van der Waals surface area contributed by atoms with Gasteiger partial charge in [-0.3, -0.25) is 4.79 Å². The van der Waals surface area contributed by atoms with Gasteiger partial charge in [-0.15, -0.1) is 0 Å². The second-order valence-corrected chi connectivity index (χ2v) is 2.69. The van der Waals surface area contributed by atoms with Crippen LogP contribution in [0.5, 0.6) is 0 Å². The monoisotopic (exact) mass is 129 g/mol. The molecule has 1 saturated heterocycles. The number of carbonyl (C=O) groups is 1. The molecule has 4 N–H and O–H groups in total. The summed E-state index contributed by atoms with van der Waals surface area (Å²) in [4.78, 5) is 12.5. The number of primary amides is 1. The van der Waals surface area contributed by atoms with Gasteiger partial charge in [0.1, 0.15) is 5.54 Å². The summed E-state index contributed by atoms with van der Waals surface area (Å²) in [5.41, 5.74) is 9.78. The van der Waals surface area contributed by atoms with Crippen LogP contribution in [0.2, 0.25) is 0 Å². The van der Waals surface area contributed by atoms with E-state index in [9.17, 15) is 4.79 Å². The van der Waals surface area contributed by atoms with E-state index in [1.54, 1.807) is 0 Å². The van der Waals surface area contributed by atoms with Crippen LogP contribution in [0.4, 0.5) is 0 Å². The van der Waals surface area contributed by atoms with Gasteiger partial charge in [-0.2, -0.15) is 0 Å². The molecule has 9 heavy (non-hydrogen) atoms. The Morgan fingerprint density at radius 3 is 2.22 bits per heavy atom. The molecule has 0 aromatic heterocycles. The van der Waals surface area contributed by atoms with Crippen molar-refractivity contribution in [3.05, 3.63) is 0 Å². The van der Waals surface area contributed by atoms with E-state index < -0.39 is 11.4 Å². The van der Waals surface area contributed by atoms with Gasteiger partial charge < -0.3 is 16.4 Å². The summed E-state index contributed by atoms with van der Waals surface area (Å²) in [6, 6.07) is 0. The quantitative estimate of drug-likeness (QED) is 0.435. The molecule has 1 amide bonds. The van der Waals surface area contributed by atoms with E-state index in [1.165, 1.54) is 0 Å². The van der Waals surface area contributed by atoms with Gasteiger partial charge in [-0.25, -0.2) is 0 Å². The van der Waals surface area contributed by atoms with E-state index in [4.69, 9.17) is 11.5 Å². The normalized spacial score (nSPS) is 25.1. The van der Waals surface area contributed by atoms with Gasteiger partial charge >= 0.3 is 0 Å². The molecule has 0 radical (unpaired) electrons. The highest BCUT2D eigenvalue weighted by Crippen LogP contribution is 2.14. The number of hydrogen-bond acceptors (Lipinski definition) is 3. The molecule has 0 aromatic carbocycles. The van der Waals surface area contributed by atoms with Gasteiger partial charge in [0.15, 0.2) is 0 Å². The Balaban J connectivity index is 2.50. The lowest BCUT2D eigenvalue weighted by Crippen LogP contribution is -2.72. The molecule has 1 aliphatic rings. The van der Waals surface area contributed by atoms with Crippen molar-refractivity contribution in [1.29, 1.82) is 0 Å². The minimum absolute atomic E-state index is 0.402. The lowest BCUT2D eigenvalue weighted by Gasteiger charge is -2.42. The number of amides is 1. The summed E-state index contributed by atoms with van der Waals surface area (Å²) in [5, 5.41) is 0. The maximum absolute atomic E-state index is 10.5. The van der Waals surface area contributed by atoms with E-state index in [0.717, 1.165) is 0 Å². The predicted octanol–water partition coefficient (Wildman–Crippen LogP) is -1.89. The summed E-state index contributed by atoms with van der Waals surface area (Å²) in [7, 11) is 1.90. The second-order valence-electron chi connectivity index (χ2n) is 2.69. The largest absolute Gasteiger partial charge is 0.368 e. The zero-order chi connectivity index (χ0) is 7.07. The van der Waals surface area contributed by atoms with Crippen LogP contribution < -0.4 is 11.5 Å². The first-order chi connectivity index (χ1) is 4.04. The molecule has 1 aliphatic heterocycles. The lowest BCUT2D eigenvalue weighted by molar-refractivity contribution is -0.128. The highest BCUT2D eigenvalue weighted by molar-refractivity contribution is 5.86. The van der Waals surface area contributed by atoms with E-state index in [-0.39, 0.29) is 0 Å². The fraction of sp³-hybridized carbons (Fsp3) is 0.800. The number of nitrogens with two attached hydrogens (primary N) is 2. The van der Waals surface area contributed by atoms with Gasteiger partial charge in [0, 0.05) is 13.1 Å². The lowest BCUT2D eigenvalue weighted by atomic mass is 9.91. The van der Waals surface area contributed by atoms with Gasteiger partial charge in [0.25, 0.3) is 0 Å². The molecule has 4 heteroatoms. The summed E-state index contributed by atoms with van der Waals surface area (Å²) in [6.07, 6.45) is 0. The van der Waals surface area contributed by atoms with Crippen molar-refractivity contribution < 1.29 is 4.79 Å². The van der Waals surface area contributed by atoms with Crippen LogP contribution in [-0.2, 0) is 4.79 Å². The molecular weight excluding hydrogens is 118 g/mol. The van der Waals surface area contributed by atoms with Crippen LogP contribution in [0.25, 0.3) is 0 Å². The standard InChI is InChI=1S/C5H11N3O/c1-8-2-5(7,3-8)4(6)9/h2-3,7H2,1H3,(H2,6,9). The summed E-state index contributed by atoms with van der Waals surface area (Å²) < 4.78 is 0. The topological polar surface area (TPSA) is 72.3 Å². The van der Waals surface area contributed by atoms with Gasteiger partial charge in [0.2, 0.25) is 5.91 Å². The second kappa shape index (κ2) is 1.68. The molecule has 0 aliphatic carbocycles. The average Bonchev–Trinajstić information content (AvgIpc) is 1.62. The summed E-state index contributed by atoms with van der Waals surface area (Å²) >= 11 is 0. The zero-order valence-corrected chi connectivity index (χ0v) is 5.42. The Labute approximate surface area is 53.8 Å². The molecule has 1 rings (SSSR count). The third-order valence-corrected chi connectivity index (χ3v) is 1.59. The molecule has 0 atom stereocenters. The Bertz CT molecular complexity index is 139. The first-order valence-corrected chi connectivity index (χ1v) is 2.82. The third-order valence-electron chi connectivity index (χ3n) is 1.59. The Hall–Kier alpha value is -0.610. The average molecular weight is 129 g/mol. The molecule has 0 saturated carbocycles. The van der Waals surface area contributed by atoms with E-state index in [0.29, 0.717) is 13.1 Å². The van der Waals surface area contributed by atoms with Crippen molar-refractivity contribution in [1.82, 2.24) is 4.90 Å². The Morgan fingerprint density at radius 1 is 1.67 bits per heavy atom. The first kappa shape index (κ1) is 6.51. The van der Waals surface area contributed by atoms with Crippen molar-refractivity contribution in [3.8, 4) is 0 Å². The van der Waals surface area contributed by atoms with Crippen LogP contribution in [0.1, 0.15) is 0 Å². The smallest absolute Gasteiger partial charge is 0.240 e. The predicted molar refractivity (Wildman–Crippen MR) is 33.6 cm³/mol. The van der Waals surface area contributed by atoms with Crippen LogP contribution in [0.15, 0.2) is 0 Å². The molecule has 0 bridgehead atoms. The molecule has 4 nitrogen and oxygen atoms in total. The molecular formula is C5H11N3O. The number of nitrogens with zero attached hydrogens (tertiary/aromatic N) is 1. The molecule has 52 valence electrons. The first-order valence-electron chi connectivity index (χ1n) is 2.82. The van der Waals surface area contributed by atoms with E-state index >= 15 is 0 Å². The van der Waals surface area contributed by atoms with Crippen LogP contribution in [0.3, 0.4) is 0 Å². The minimum atomic E-state index is -0.741.